The third-order valence-corrected chi connectivity index (χ3v) is 3.51. The Morgan fingerprint density at radius 2 is 2.33 bits per heavy atom. The first-order chi connectivity index (χ1) is 8.50. The van der Waals surface area contributed by atoms with E-state index >= 15 is 0 Å². The molecule has 0 aromatic carbocycles. The van der Waals surface area contributed by atoms with Crippen LogP contribution in [0.5, 0.6) is 0 Å². The van der Waals surface area contributed by atoms with Gasteiger partial charge in [-0.25, -0.2) is 9.67 Å². The highest BCUT2D eigenvalue weighted by Gasteiger charge is 2.25. The number of nitro groups is 1. The van der Waals surface area contributed by atoms with Gasteiger partial charge >= 0.3 is 5.69 Å². The highest BCUT2D eigenvalue weighted by Crippen LogP contribution is 2.30. The summed E-state index contributed by atoms with van der Waals surface area (Å²) in [5, 5.41) is 20.9. The van der Waals surface area contributed by atoms with Crippen LogP contribution in [0.15, 0.2) is 11.6 Å². The monoisotopic (exact) mass is 267 g/mol. The van der Waals surface area contributed by atoms with Crippen molar-refractivity contribution in [2.45, 2.75) is 19.9 Å². The van der Waals surface area contributed by atoms with E-state index < -0.39 is 4.92 Å². The Bertz CT molecular complexity index is 563. The molecule has 0 aliphatic carbocycles. The van der Waals surface area contributed by atoms with Gasteiger partial charge in [0.1, 0.15) is 10.7 Å². The first kappa shape index (κ1) is 12.5. The lowest BCUT2D eigenvalue weighted by Crippen LogP contribution is -2.11. The maximum absolute atomic E-state index is 11.0. The molecule has 2 aromatic heterocycles. The normalized spacial score (nSPS) is 12.4. The van der Waals surface area contributed by atoms with Crippen LogP contribution in [0.2, 0.25) is 0 Å². The molecule has 1 atom stereocenters. The molecule has 1 N–H and O–H groups in total. The Balaban J connectivity index is 2.31. The van der Waals surface area contributed by atoms with Gasteiger partial charge in [-0.1, -0.05) is 0 Å². The third-order valence-electron chi connectivity index (χ3n) is 2.55. The van der Waals surface area contributed by atoms with Crippen LogP contribution in [-0.4, -0.2) is 19.7 Å². The van der Waals surface area contributed by atoms with Gasteiger partial charge in [0.25, 0.3) is 0 Å². The largest absolute Gasteiger partial charge is 0.356 e. The lowest BCUT2D eigenvalue weighted by Gasteiger charge is -2.11. The number of anilines is 1. The molecule has 0 saturated carbocycles. The molecule has 2 heterocycles. The van der Waals surface area contributed by atoms with Crippen molar-refractivity contribution in [1.29, 1.82) is 0 Å². The molecule has 0 fully saturated rings. The van der Waals surface area contributed by atoms with Crippen molar-refractivity contribution >= 4 is 22.8 Å². The van der Waals surface area contributed by atoms with Crippen molar-refractivity contribution < 1.29 is 4.92 Å². The van der Waals surface area contributed by atoms with Gasteiger partial charge in [0, 0.05) is 18.6 Å². The molecule has 96 valence electrons. The van der Waals surface area contributed by atoms with E-state index in [1.54, 1.807) is 20.2 Å². The van der Waals surface area contributed by atoms with E-state index in [-0.39, 0.29) is 11.7 Å². The van der Waals surface area contributed by atoms with Crippen LogP contribution in [-0.2, 0) is 7.05 Å². The van der Waals surface area contributed by atoms with E-state index in [1.165, 1.54) is 16.0 Å². The molecular formula is C10H13N5O2S. The fourth-order valence-corrected chi connectivity index (χ4v) is 2.39. The fourth-order valence-electron chi connectivity index (χ4n) is 1.74. The van der Waals surface area contributed by atoms with Crippen molar-refractivity contribution in [2.75, 3.05) is 5.32 Å². The number of aryl methyl sites for hydroxylation is 2. The Labute approximate surface area is 108 Å². The van der Waals surface area contributed by atoms with Gasteiger partial charge < -0.3 is 5.32 Å². The molecular weight excluding hydrogens is 254 g/mol. The van der Waals surface area contributed by atoms with Crippen molar-refractivity contribution in [3.63, 3.8) is 0 Å². The van der Waals surface area contributed by atoms with Gasteiger partial charge in [-0.15, -0.1) is 11.3 Å². The van der Waals surface area contributed by atoms with Crippen LogP contribution < -0.4 is 5.32 Å². The second-order valence-corrected chi connectivity index (χ2v) is 4.83. The zero-order valence-electron chi connectivity index (χ0n) is 10.2. The smallest absolute Gasteiger partial charge is 0.333 e. The number of hydrogen-bond donors (Lipinski definition) is 1. The number of rotatable bonds is 4. The third kappa shape index (κ3) is 2.19. The Hall–Kier alpha value is -1.96. The van der Waals surface area contributed by atoms with Crippen molar-refractivity contribution in [3.8, 4) is 0 Å². The van der Waals surface area contributed by atoms with Crippen molar-refractivity contribution in [2.24, 2.45) is 7.05 Å². The number of nitrogens with one attached hydrogen (secondary N) is 1. The van der Waals surface area contributed by atoms with Crippen LogP contribution in [0.4, 0.5) is 11.5 Å². The molecule has 0 bridgehead atoms. The van der Waals surface area contributed by atoms with E-state index in [0.717, 1.165) is 5.01 Å². The van der Waals surface area contributed by atoms with Gasteiger partial charge in [-0.2, -0.15) is 5.10 Å². The summed E-state index contributed by atoms with van der Waals surface area (Å²) in [6.45, 7) is 3.53. The molecule has 1 unspecified atom stereocenters. The number of hydrogen-bond acceptors (Lipinski definition) is 6. The summed E-state index contributed by atoms with van der Waals surface area (Å²) in [5.41, 5.74) is 0.414. The van der Waals surface area contributed by atoms with Crippen LogP contribution in [0.25, 0.3) is 0 Å². The average molecular weight is 267 g/mol. The van der Waals surface area contributed by atoms with Crippen LogP contribution in [0.3, 0.4) is 0 Å². The maximum Gasteiger partial charge on any atom is 0.333 e. The molecule has 7 nitrogen and oxygen atoms in total. The van der Waals surface area contributed by atoms with Crippen molar-refractivity contribution in [1.82, 2.24) is 14.8 Å². The van der Waals surface area contributed by atoms with Crippen molar-refractivity contribution in [3.05, 3.63) is 32.4 Å². The van der Waals surface area contributed by atoms with Crippen LogP contribution in [0.1, 0.15) is 23.7 Å². The summed E-state index contributed by atoms with van der Waals surface area (Å²) in [6.07, 6.45) is 1.71. The van der Waals surface area contributed by atoms with Gasteiger partial charge in [-0.05, 0) is 13.8 Å². The standard InChI is InChI=1S/C10H13N5O2S/c1-6-8(15(16)17)9(14(3)13-6)12-7(2)10-11-4-5-18-10/h4-5,7,12H,1-3H3. The molecule has 0 spiro atoms. The minimum atomic E-state index is -0.417. The highest BCUT2D eigenvalue weighted by atomic mass is 32.1. The lowest BCUT2D eigenvalue weighted by atomic mass is 10.3. The summed E-state index contributed by atoms with van der Waals surface area (Å²) < 4.78 is 1.48. The molecule has 0 radical (unpaired) electrons. The highest BCUT2D eigenvalue weighted by molar-refractivity contribution is 7.09. The summed E-state index contributed by atoms with van der Waals surface area (Å²) in [7, 11) is 1.68. The first-order valence-corrected chi connectivity index (χ1v) is 6.22. The minimum absolute atomic E-state index is 0.0147. The summed E-state index contributed by atoms with van der Waals surface area (Å²) in [4.78, 5) is 14.8. The van der Waals surface area contributed by atoms with E-state index in [0.29, 0.717) is 11.5 Å². The zero-order valence-corrected chi connectivity index (χ0v) is 11.1. The molecule has 8 heteroatoms. The first-order valence-electron chi connectivity index (χ1n) is 5.34. The van der Waals surface area contributed by atoms with Gasteiger partial charge in [-0.3, -0.25) is 10.1 Å². The second kappa shape index (κ2) is 4.73. The maximum atomic E-state index is 11.0. The van der Waals surface area contributed by atoms with Gasteiger partial charge in [0.2, 0.25) is 5.82 Å². The zero-order chi connectivity index (χ0) is 13.3. The molecule has 0 aliphatic rings. The molecule has 0 aliphatic heterocycles. The summed E-state index contributed by atoms with van der Waals surface area (Å²) >= 11 is 1.50. The molecule has 18 heavy (non-hydrogen) atoms. The SMILES string of the molecule is Cc1nn(C)c(NC(C)c2nccs2)c1[N+](=O)[O-]. The minimum Gasteiger partial charge on any atom is -0.356 e. The van der Waals surface area contributed by atoms with Crippen LogP contribution >= 0.6 is 11.3 Å². The number of aromatic nitrogens is 3. The van der Waals surface area contributed by atoms with E-state index in [1.807, 2.05) is 12.3 Å². The molecule has 0 amide bonds. The fraction of sp³-hybridized carbons (Fsp3) is 0.400. The summed E-state index contributed by atoms with van der Waals surface area (Å²) in [5.74, 6) is 0.403. The number of thiazole rings is 1. The van der Waals surface area contributed by atoms with E-state index in [2.05, 4.69) is 15.4 Å². The lowest BCUT2D eigenvalue weighted by molar-refractivity contribution is -0.384. The van der Waals surface area contributed by atoms with E-state index in [9.17, 15) is 10.1 Å². The van der Waals surface area contributed by atoms with Crippen LogP contribution in [0, 0.1) is 17.0 Å². The average Bonchev–Trinajstić information content (AvgIpc) is 2.87. The molecule has 0 saturated heterocycles. The predicted molar refractivity (Wildman–Crippen MR) is 68.8 cm³/mol. The summed E-state index contributed by atoms with van der Waals surface area (Å²) in [6, 6.07) is -0.0986. The Morgan fingerprint density at radius 3 is 2.89 bits per heavy atom. The second-order valence-electron chi connectivity index (χ2n) is 3.90. The molecule has 2 rings (SSSR count). The van der Waals surface area contributed by atoms with E-state index in [4.69, 9.17) is 0 Å². The Kier molecular flexibility index (Phi) is 3.28. The van der Waals surface area contributed by atoms with Gasteiger partial charge in [0.15, 0.2) is 0 Å². The predicted octanol–water partition coefficient (Wildman–Crippen LogP) is 2.27. The quantitative estimate of drug-likeness (QED) is 0.678. The Morgan fingerprint density at radius 1 is 1.61 bits per heavy atom. The molecule has 2 aromatic rings. The van der Waals surface area contributed by atoms with Gasteiger partial charge in [0.05, 0.1) is 11.0 Å². The topological polar surface area (TPSA) is 85.9 Å². The number of nitrogens with zero attached hydrogens (tertiary/aromatic N) is 4.